The number of hydrogen-bond acceptors (Lipinski definition) is 4. The van der Waals surface area contributed by atoms with Gasteiger partial charge in [0.15, 0.2) is 5.65 Å². The van der Waals surface area contributed by atoms with E-state index in [1.54, 1.807) is 29.2 Å². The molecule has 140 valence electrons. The second-order valence-corrected chi connectivity index (χ2v) is 6.67. The number of ether oxygens (including phenoxy) is 1. The van der Waals surface area contributed by atoms with Gasteiger partial charge in [0, 0.05) is 24.4 Å². The number of rotatable bonds is 6. The van der Waals surface area contributed by atoms with Crippen LogP contribution in [0.15, 0.2) is 42.7 Å². The van der Waals surface area contributed by atoms with Gasteiger partial charge in [-0.1, -0.05) is 0 Å². The summed E-state index contributed by atoms with van der Waals surface area (Å²) in [6.45, 7) is 0.374. The van der Waals surface area contributed by atoms with Crippen LogP contribution in [0, 0.1) is 0 Å². The number of alkyl halides is 2. The zero-order valence-corrected chi connectivity index (χ0v) is 14.3. The summed E-state index contributed by atoms with van der Waals surface area (Å²) in [4.78, 5) is 15.4. The summed E-state index contributed by atoms with van der Waals surface area (Å²) in [6.07, 6.45) is 3.24. The lowest BCUT2D eigenvalue weighted by Crippen LogP contribution is -2.41. The molecule has 4 rings (SSSR count). The van der Waals surface area contributed by atoms with Crippen LogP contribution in [0.1, 0.15) is 28.8 Å². The molecule has 1 aliphatic rings. The van der Waals surface area contributed by atoms with E-state index in [1.165, 1.54) is 12.1 Å². The lowest BCUT2D eigenvalue weighted by Gasteiger charge is -2.34. The van der Waals surface area contributed by atoms with E-state index in [1.807, 2.05) is 6.07 Å². The number of fused-ring (bicyclic) bond motifs is 1. The first kappa shape index (κ1) is 17.5. The molecule has 1 aromatic carbocycles. The molecule has 0 aliphatic heterocycles. The first-order chi connectivity index (χ1) is 12.9. The van der Waals surface area contributed by atoms with Crippen LogP contribution in [0.4, 0.5) is 8.78 Å². The van der Waals surface area contributed by atoms with Gasteiger partial charge in [-0.3, -0.25) is 0 Å². The van der Waals surface area contributed by atoms with E-state index < -0.39 is 11.9 Å². The van der Waals surface area contributed by atoms with Gasteiger partial charge in [-0.2, -0.15) is 5.10 Å². The summed E-state index contributed by atoms with van der Waals surface area (Å²) in [5, 5.41) is 14.1. The lowest BCUT2D eigenvalue weighted by atomic mass is 9.91. The van der Waals surface area contributed by atoms with Crippen LogP contribution in [0.5, 0.6) is 0 Å². The first-order valence-electron chi connectivity index (χ1n) is 8.57. The molecule has 1 saturated carbocycles. The number of aromatic carboxylic acids is 1. The molecule has 27 heavy (non-hydrogen) atoms. The highest BCUT2D eigenvalue weighted by Crippen LogP contribution is 2.39. The van der Waals surface area contributed by atoms with E-state index in [9.17, 15) is 13.6 Å². The zero-order chi connectivity index (χ0) is 19.0. The minimum atomic E-state index is -2.57. The van der Waals surface area contributed by atoms with Crippen molar-refractivity contribution in [3.63, 3.8) is 0 Å². The Morgan fingerprint density at radius 3 is 2.67 bits per heavy atom. The molecule has 1 aliphatic carbocycles. The van der Waals surface area contributed by atoms with Crippen molar-refractivity contribution in [2.24, 2.45) is 0 Å². The van der Waals surface area contributed by atoms with Gasteiger partial charge in [-0.25, -0.2) is 23.2 Å². The standard InChI is InChI=1S/C19H17F2N3O3/c20-19(21)8-16(9-19)27-6-5-12-7-14-11-23-24(17(14)22-10-12)15-3-1-13(2-4-15)18(25)26/h1-4,7,10-11,16H,5-6,8-9H2,(H,25,26). The van der Waals surface area contributed by atoms with Crippen LogP contribution >= 0.6 is 0 Å². The zero-order valence-electron chi connectivity index (χ0n) is 14.3. The largest absolute Gasteiger partial charge is 0.478 e. The number of benzene rings is 1. The van der Waals surface area contributed by atoms with Gasteiger partial charge in [-0.05, 0) is 42.3 Å². The van der Waals surface area contributed by atoms with Gasteiger partial charge in [0.25, 0.3) is 5.92 Å². The average Bonchev–Trinajstić information content (AvgIpc) is 3.03. The Bertz CT molecular complexity index is 978. The highest BCUT2D eigenvalue weighted by Gasteiger charge is 2.45. The Labute approximate surface area is 153 Å². The van der Waals surface area contributed by atoms with Crippen molar-refractivity contribution in [3.05, 3.63) is 53.9 Å². The SMILES string of the molecule is O=C(O)c1ccc(-n2ncc3cc(CCOC4CC(F)(F)C4)cnc32)cc1. The Hall–Kier alpha value is -2.87. The van der Waals surface area contributed by atoms with E-state index in [0.717, 1.165) is 10.9 Å². The van der Waals surface area contributed by atoms with Gasteiger partial charge in [0.2, 0.25) is 0 Å². The minimum Gasteiger partial charge on any atom is -0.478 e. The second-order valence-electron chi connectivity index (χ2n) is 6.67. The molecule has 0 bridgehead atoms. The number of halogens is 2. The van der Waals surface area contributed by atoms with Crippen LogP contribution in [0.2, 0.25) is 0 Å². The summed E-state index contributed by atoms with van der Waals surface area (Å²) >= 11 is 0. The summed E-state index contributed by atoms with van der Waals surface area (Å²) < 4.78 is 32.7. The molecule has 6 nitrogen and oxygen atoms in total. The van der Waals surface area contributed by atoms with Gasteiger partial charge >= 0.3 is 5.97 Å². The van der Waals surface area contributed by atoms with Gasteiger partial charge in [0.1, 0.15) is 0 Å². The highest BCUT2D eigenvalue weighted by atomic mass is 19.3. The number of hydrogen-bond donors (Lipinski definition) is 1. The molecule has 1 fully saturated rings. The van der Waals surface area contributed by atoms with E-state index in [4.69, 9.17) is 9.84 Å². The minimum absolute atomic E-state index is 0.197. The highest BCUT2D eigenvalue weighted by molar-refractivity contribution is 5.87. The van der Waals surface area contributed by atoms with Crippen molar-refractivity contribution in [2.75, 3.05) is 6.61 Å². The van der Waals surface area contributed by atoms with E-state index >= 15 is 0 Å². The van der Waals surface area contributed by atoms with Crippen LogP contribution in [-0.2, 0) is 11.2 Å². The number of pyridine rings is 1. The predicted molar refractivity (Wildman–Crippen MR) is 93.4 cm³/mol. The Morgan fingerprint density at radius 1 is 1.26 bits per heavy atom. The summed E-state index contributed by atoms with van der Waals surface area (Å²) in [7, 11) is 0. The molecule has 3 aromatic rings. The van der Waals surface area contributed by atoms with Crippen molar-refractivity contribution in [2.45, 2.75) is 31.3 Å². The van der Waals surface area contributed by atoms with Gasteiger partial charge in [0.05, 0.1) is 30.2 Å². The maximum absolute atomic E-state index is 12.8. The topological polar surface area (TPSA) is 77.2 Å². The third kappa shape index (κ3) is 3.66. The number of carboxylic acid groups (broad SMARTS) is 1. The monoisotopic (exact) mass is 373 g/mol. The predicted octanol–water partition coefficient (Wildman–Crippen LogP) is 3.48. The Morgan fingerprint density at radius 2 is 2.00 bits per heavy atom. The maximum Gasteiger partial charge on any atom is 0.335 e. The number of carboxylic acids is 1. The van der Waals surface area contributed by atoms with Crippen LogP contribution in [0.3, 0.4) is 0 Å². The average molecular weight is 373 g/mol. The number of carbonyl (C=O) groups is 1. The fourth-order valence-electron chi connectivity index (χ4n) is 3.11. The summed E-state index contributed by atoms with van der Waals surface area (Å²) in [5.74, 6) is -3.55. The molecular formula is C19H17F2N3O3. The van der Waals surface area contributed by atoms with E-state index in [0.29, 0.717) is 24.4 Å². The smallest absolute Gasteiger partial charge is 0.335 e. The van der Waals surface area contributed by atoms with Crippen LogP contribution in [0.25, 0.3) is 16.7 Å². The lowest BCUT2D eigenvalue weighted by molar-refractivity contribution is -0.164. The molecule has 0 radical (unpaired) electrons. The van der Waals surface area contributed by atoms with Gasteiger partial charge in [-0.15, -0.1) is 0 Å². The molecule has 1 N–H and O–H groups in total. The second kappa shape index (κ2) is 6.70. The third-order valence-electron chi connectivity index (χ3n) is 4.62. The van der Waals surface area contributed by atoms with Gasteiger partial charge < -0.3 is 9.84 Å². The normalized spacial score (nSPS) is 16.4. The molecule has 0 saturated heterocycles. The molecular weight excluding hydrogens is 356 g/mol. The molecule has 0 atom stereocenters. The van der Waals surface area contributed by atoms with Crippen LogP contribution in [-0.4, -0.2) is 44.5 Å². The maximum atomic E-state index is 12.8. The van der Waals surface area contributed by atoms with E-state index in [-0.39, 0.29) is 24.5 Å². The van der Waals surface area contributed by atoms with Crippen molar-refractivity contribution >= 4 is 17.0 Å². The third-order valence-corrected chi connectivity index (χ3v) is 4.62. The number of nitrogens with zero attached hydrogens (tertiary/aromatic N) is 3. The fraction of sp³-hybridized carbons (Fsp3) is 0.316. The van der Waals surface area contributed by atoms with Crippen LogP contribution < -0.4 is 0 Å². The Balaban J connectivity index is 1.44. The summed E-state index contributed by atoms with van der Waals surface area (Å²) in [6, 6.07) is 8.32. The van der Waals surface area contributed by atoms with Crippen molar-refractivity contribution in [3.8, 4) is 5.69 Å². The van der Waals surface area contributed by atoms with Crippen molar-refractivity contribution in [1.29, 1.82) is 0 Å². The molecule has 8 heteroatoms. The van der Waals surface area contributed by atoms with Crippen molar-refractivity contribution < 1.29 is 23.4 Å². The Kier molecular flexibility index (Phi) is 4.35. The van der Waals surface area contributed by atoms with E-state index in [2.05, 4.69) is 10.1 Å². The molecule has 2 heterocycles. The fourth-order valence-corrected chi connectivity index (χ4v) is 3.11. The molecule has 0 unspecified atom stereocenters. The summed E-state index contributed by atoms with van der Waals surface area (Å²) in [5.41, 5.74) is 2.51. The number of aromatic nitrogens is 3. The molecule has 0 amide bonds. The van der Waals surface area contributed by atoms with Crippen molar-refractivity contribution in [1.82, 2.24) is 14.8 Å². The molecule has 0 spiro atoms. The quantitative estimate of drug-likeness (QED) is 0.716. The first-order valence-corrected chi connectivity index (χ1v) is 8.57. The molecule has 2 aromatic heterocycles.